The first-order valence-corrected chi connectivity index (χ1v) is 16.3. The van der Waals surface area contributed by atoms with Gasteiger partial charge in [-0.25, -0.2) is 14.6 Å². The molecule has 0 fully saturated rings. The number of allylic oxidation sites excluding steroid dienone is 1. The Hall–Kier alpha value is -4.50. The number of para-hydroxylation sites is 1. The van der Waals surface area contributed by atoms with Crippen LogP contribution in [0.5, 0.6) is 0 Å². The second-order valence-electron chi connectivity index (χ2n) is 10.5. The van der Waals surface area contributed by atoms with Crippen LogP contribution in [0.4, 0.5) is 5.00 Å². The van der Waals surface area contributed by atoms with Crippen molar-refractivity contribution in [3.63, 3.8) is 0 Å². The fourth-order valence-corrected chi connectivity index (χ4v) is 7.18. The number of fused-ring (bicyclic) bond motifs is 2. The summed E-state index contributed by atoms with van der Waals surface area (Å²) in [5.74, 6) is -1.88. The van der Waals surface area contributed by atoms with Gasteiger partial charge in [0.25, 0.3) is 5.91 Å². The van der Waals surface area contributed by atoms with Crippen LogP contribution < -0.4 is 5.32 Å². The number of ether oxygens (including phenoxy) is 2. The fourth-order valence-electron chi connectivity index (χ4n) is 5.61. The average molecular weight is 672 g/mol. The topological polar surface area (TPSA) is 94.6 Å². The van der Waals surface area contributed by atoms with Gasteiger partial charge in [-0.2, -0.15) is 0 Å². The van der Waals surface area contributed by atoms with E-state index in [9.17, 15) is 14.4 Å². The molecule has 1 aliphatic rings. The molecule has 1 amide bonds. The average Bonchev–Trinajstić information content (AvgIpc) is 3.39. The maximum Gasteiger partial charge on any atom is 0.341 e. The third-order valence-electron chi connectivity index (χ3n) is 7.60. The zero-order valence-electron chi connectivity index (χ0n) is 24.8. The van der Waals surface area contributed by atoms with Crippen molar-refractivity contribution in [1.29, 1.82) is 0 Å². The van der Waals surface area contributed by atoms with Gasteiger partial charge in [-0.3, -0.25) is 4.79 Å². The number of halogens is 2. The summed E-state index contributed by atoms with van der Waals surface area (Å²) in [6.45, 7) is 1.26. The summed E-state index contributed by atoms with van der Waals surface area (Å²) in [5, 5.41) is 4.20. The minimum absolute atomic E-state index is 0.144. The SMILES string of the molecule is CCOC(=O)c1c(NC(=O)COC(=O)c2c3c(nc4ccccc24)/C(=C\c2ccccc2Cl)CCC3)sc(Cl)c1-c1ccccc1. The van der Waals surface area contributed by atoms with Crippen LogP contribution in [0, 0.1) is 0 Å². The molecule has 0 saturated heterocycles. The quantitative estimate of drug-likeness (QED) is 0.165. The summed E-state index contributed by atoms with van der Waals surface area (Å²) in [4.78, 5) is 44.9. The first-order valence-electron chi connectivity index (χ1n) is 14.7. The number of benzene rings is 3. The lowest BCUT2D eigenvalue weighted by molar-refractivity contribution is -0.119. The molecule has 2 aromatic heterocycles. The molecule has 1 aliphatic carbocycles. The maximum absolute atomic E-state index is 13.7. The standard InChI is InChI=1S/C36H28Cl2N2O5S/c1-2-44-36(43)31-29(21-11-4-3-5-12-21)33(38)46-34(31)40-28(41)20-45-35(42)30-24-15-7-9-18-27(24)39-32-23(14-10-16-25(30)32)19-22-13-6-8-17-26(22)37/h3-9,11-13,15,17-19H,2,10,14,16,20H2,1H3,(H,40,41)/b23-19-. The maximum atomic E-state index is 13.7. The Bertz CT molecular complexity index is 2010. The van der Waals surface area contributed by atoms with Crippen LogP contribution in [0.25, 0.3) is 33.7 Å². The number of thiophene rings is 1. The highest BCUT2D eigenvalue weighted by Crippen LogP contribution is 2.44. The molecule has 0 spiro atoms. The molecule has 6 rings (SSSR count). The third kappa shape index (κ3) is 6.42. The van der Waals surface area contributed by atoms with E-state index < -0.39 is 24.5 Å². The minimum Gasteiger partial charge on any atom is -0.462 e. The molecule has 10 heteroatoms. The molecule has 5 aromatic rings. The second-order valence-corrected chi connectivity index (χ2v) is 12.6. The number of carbonyl (C=O) groups is 3. The first-order chi connectivity index (χ1) is 22.4. The molecule has 0 atom stereocenters. The van der Waals surface area contributed by atoms with Gasteiger partial charge in [0.15, 0.2) is 6.61 Å². The van der Waals surface area contributed by atoms with Gasteiger partial charge >= 0.3 is 11.9 Å². The van der Waals surface area contributed by atoms with E-state index in [0.29, 0.717) is 43.4 Å². The van der Waals surface area contributed by atoms with E-state index in [2.05, 4.69) is 5.32 Å². The van der Waals surface area contributed by atoms with Crippen LogP contribution in [0.1, 0.15) is 57.3 Å². The molecule has 0 radical (unpaired) electrons. The normalized spacial score (nSPS) is 13.3. The van der Waals surface area contributed by atoms with Gasteiger partial charge in [0.1, 0.15) is 14.9 Å². The lowest BCUT2D eigenvalue weighted by Crippen LogP contribution is -2.23. The molecule has 1 N–H and O–H groups in total. The Morgan fingerprint density at radius 3 is 2.39 bits per heavy atom. The summed E-state index contributed by atoms with van der Waals surface area (Å²) in [6.07, 6.45) is 4.23. The van der Waals surface area contributed by atoms with Crippen molar-refractivity contribution >= 4 is 79.9 Å². The Labute approximate surface area is 279 Å². The number of nitrogens with zero attached hydrogens (tertiary/aromatic N) is 1. The number of aromatic nitrogens is 1. The number of amides is 1. The van der Waals surface area contributed by atoms with Crippen LogP contribution in [0.2, 0.25) is 9.36 Å². The number of hydrogen-bond donors (Lipinski definition) is 1. The second kappa shape index (κ2) is 13.9. The van der Waals surface area contributed by atoms with Crippen molar-refractivity contribution in [1.82, 2.24) is 4.98 Å². The molecule has 2 heterocycles. The fraction of sp³-hybridized carbons (Fsp3) is 0.167. The number of carbonyl (C=O) groups excluding carboxylic acids is 3. The lowest BCUT2D eigenvalue weighted by atomic mass is 9.86. The summed E-state index contributed by atoms with van der Waals surface area (Å²) in [7, 11) is 0. The molecular formula is C36H28Cl2N2O5S. The number of rotatable bonds is 8. The molecule has 0 aliphatic heterocycles. The third-order valence-corrected chi connectivity index (χ3v) is 9.26. The molecule has 0 bridgehead atoms. The van der Waals surface area contributed by atoms with Gasteiger partial charge < -0.3 is 14.8 Å². The predicted octanol–water partition coefficient (Wildman–Crippen LogP) is 9.12. The Kier molecular flexibility index (Phi) is 9.49. The molecule has 7 nitrogen and oxygen atoms in total. The Balaban J connectivity index is 1.29. The van der Waals surface area contributed by atoms with E-state index in [1.807, 2.05) is 84.9 Å². The zero-order valence-corrected chi connectivity index (χ0v) is 27.1. The van der Waals surface area contributed by atoms with Crippen molar-refractivity contribution < 1.29 is 23.9 Å². The van der Waals surface area contributed by atoms with Gasteiger partial charge in [-0.05, 0) is 66.7 Å². The molecule has 3 aromatic carbocycles. The van der Waals surface area contributed by atoms with Crippen molar-refractivity contribution in [2.45, 2.75) is 26.2 Å². The molecule has 46 heavy (non-hydrogen) atoms. The summed E-state index contributed by atoms with van der Waals surface area (Å²) >= 11 is 14.1. The smallest absolute Gasteiger partial charge is 0.341 e. The van der Waals surface area contributed by atoms with Crippen LogP contribution in [-0.2, 0) is 20.7 Å². The van der Waals surface area contributed by atoms with Gasteiger partial charge in [0.05, 0.1) is 23.4 Å². The molecule has 0 unspecified atom stereocenters. The number of nitrogens with one attached hydrogen (secondary N) is 1. The van der Waals surface area contributed by atoms with E-state index in [1.165, 1.54) is 0 Å². The summed E-state index contributed by atoms with van der Waals surface area (Å²) < 4.78 is 11.2. The van der Waals surface area contributed by atoms with E-state index in [0.717, 1.165) is 46.6 Å². The number of anilines is 1. The van der Waals surface area contributed by atoms with Crippen LogP contribution in [-0.4, -0.2) is 36.0 Å². The molecule has 232 valence electrons. The van der Waals surface area contributed by atoms with Crippen LogP contribution in [0.15, 0.2) is 78.9 Å². The molecule has 0 saturated carbocycles. The number of esters is 2. The Morgan fingerprint density at radius 1 is 0.891 bits per heavy atom. The monoisotopic (exact) mass is 670 g/mol. The predicted molar refractivity (Wildman–Crippen MR) is 184 cm³/mol. The lowest BCUT2D eigenvalue weighted by Gasteiger charge is -2.22. The van der Waals surface area contributed by atoms with Gasteiger partial charge in [0, 0.05) is 16.0 Å². The van der Waals surface area contributed by atoms with Crippen molar-refractivity contribution in [3.8, 4) is 11.1 Å². The van der Waals surface area contributed by atoms with Gasteiger partial charge in [0.2, 0.25) is 0 Å². The van der Waals surface area contributed by atoms with Crippen molar-refractivity contribution in [3.05, 3.63) is 116 Å². The van der Waals surface area contributed by atoms with Crippen molar-refractivity contribution in [2.24, 2.45) is 0 Å². The number of hydrogen-bond acceptors (Lipinski definition) is 7. The summed E-state index contributed by atoms with van der Waals surface area (Å²) in [5.41, 5.74) is 5.69. The van der Waals surface area contributed by atoms with E-state index in [-0.39, 0.29) is 17.2 Å². The highest BCUT2D eigenvalue weighted by Gasteiger charge is 2.29. The highest BCUT2D eigenvalue weighted by atomic mass is 35.5. The Morgan fingerprint density at radius 2 is 1.61 bits per heavy atom. The van der Waals surface area contributed by atoms with Gasteiger partial charge in [-0.1, -0.05) is 89.9 Å². The van der Waals surface area contributed by atoms with Crippen molar-refractivity contribution in [2.75, 3.05) is 18.5 Å². The zero-order chi connectivity index (χ0) is 32.2. The molecular weight excluding hydrogens is 643 g/mol. The van der Waals surface area contributed by atoms with Gasteiger partial charge in [-0.15, -0.1) is 11.3 Å². The van der Waals surface area contributed by atoms with Crippen LogP contribution in [0.3, 0.4) is 0 Å². The highest BCUT2D eigenvalue weighted by molar-refractivity contribution is 7.21. The van der Waals surface area contributed by atoms with Crippen LogP contribution >= 0.6 is 34.5 Å². The van der Waals surface area contributed by atoms with E-state index in [4.69, 9.17) is 37.7 Å². The minimum atomic E-state index is -0.635. The van der Waals surface area contributed by atoms with E-state index >= 15 is 0 Å². The first kappa shape index (κ1) is 31.5. The largest absolute Gasteiger partial charge is 0.462 e. The number of pyridine rings is 1. The summed E-state index contributed by atoms with van der Waals surface area (Å²) in [6, 6.07) is 24.1. The van der Waals surface area contributed by atoms with E-state index in [1.54, 1.807) is 6.92 Å².